The Morgan fingerprint density at radius 3 is 2.73 bits per heavy atom. The van der Waals surface area contributed by atoms with Gasteiger partial charge in [-0.05, 0) is 30.5 Å². The molecule has 0 saturated carbocycles. The van der Waals surface area contributed by atoms with Crippen LogP contribution >= 0.6 is 0 Å². The molecule has 0 unspecified atom stereocenters. The van der Waals surface area contributed by atoms with Crippen LogP contribution in [0, 0.1) is 6.92 Å². The van der Waals surface area contributed by atoms with Crippen molar-refractivity contribution in [3.8, 4) is 0 Å². The number of hydrogen-bond acceptors (Lipinski definition) is 1. The zero-order chi connectivity index (χ0) is 10.7. The highest BCUT2D eigenvalue weighted by molar-refractivity contribution is 5.27. The van der Waals surface area contributed by atoms with Gasteiger partial charge in [0.15, 0.2) is 0 Å². The van der Waals surface area contributed by atoms with Gasteiger partial charge in [0.25, 0.3) is 0 Å². The second kappa shape index (κ2) is 4.32. The van der Waals surface area contributed by atoms with Crippen molar-refractivity contribution < 1.29 is 5.11 Å². The third kappa shape index (κ3) is 2.48. The summed E-state index contributed by atoms with van der Waals surface area (Å²) in [5, 5.41) is 8.92. The largest absolute Gasteiger partial charge is 0.376 e. The maximum atomic E-state index is 8.92. The maximum absolute atomic E-state index is 8.92. The average molecular weight is 201 g/mol. The number of aryl methyl sites for hydroxylation is 1. The van der Waals surface area contributed by atoms with Crippen molar-refractivity contribution in [3.05, 3.63) is 59.4 Å². The molecule has 2 nitrogen and oxygen atoms in total. The van der Waals surface area contributed by atoms with E-state index in [0.717, 1.165) is 6.42 Å². The van der Waals surface area contributed by atoms with Gasteiger partial charge in [0.1, 0.15) is 6.73 Å². The van der Waals surface area contributed by atoms with Crippen molar-refractivity contribution >= 4 is 0 Å². The first-order valence-electron chi connectivity index (χ1n) is 5.09. The summed E-state index contributed by atoms with van der Waals surface area (Å²) in [4.78, 5) is 0. The molecule has 78 valence electrons. The Morgan fingerprint density at radius 2 is 2.07 bits per heavy atom. The predicted octanol–water partition coefficient (Wildman–Crippen LogP) is 2.34. The van der Waals surface area contributed by atoms with Crippen LogP contribution in [0.4, 0.5) is 0 Å². The fraction of sp³-hybridized carbons (Fsp3) is 0.231. The van der Waals surface area contributed by atoms with Gasteiger partial charge in [-0.2, -0.15) is 0 Å². The highest BCUT2D eigenvalue weighted by Crippen LogP contribution is 2.11. The van der Waals surface area contributed by atoms with Crippen LogP contribution in [0.25, 0.3) is 0 Å². The zero-order valence-corrected chi connectivity index (χ0v) is 8.85. The van der Waals surface area contributed by atoms with E-state index in [4.69, 9.17) is 5.11 Å². The number of aliphatic hydroxyl groups excluding tert-OH is 1. The van der Waals surface area contributed by atoms with Gasteiger partial charge >= 0.3 is 0 Å². The van der Waals surface area contributed by atoms with Gasteiger partial charge in [0, 0.05) is 12.4 Å². The molecule has 0 aliphatic carbocycles. The lowest BCUT2D eigenvalue weighted by Crippen LogP contribution is -1.91. The van der Waals surface area contributed by atoms with E-state index in [1.807, 2.05) is 18.5 Å². The van der Waals surface area contributed by atoms with Crippen molar-refractivity contribution in [1.29, 1.82) is 0 Å². The molecule has 0 amide bonds. The average Bonchev–Trinajstić information content (AvgIpc) is 2.65. The standard InChI is InChI=1S/C13H15NO/c1-11-3-2-4-12(7-11)8-13-5-6-14(9-13)10-15/h2-7,9,15H,8,10H2,1H3. The second-order valence-corrected chi connectivity index (χ2v) is 3.84. The van der Waals surface area contributed by atoms with E-state index in [9.17, 15) is 0 Å². The van der Waals surface area contributed by atoms with E-state index in [1.54, 1.807) is 4.57 Å². The number of rotatable bonds is 3. The van der Waals surface area contributed by atoms with E-state index in [0.29, 0.717) is 0 Å². The molecule has 1 aromatic heterocycles. The minimum atomic E-state index is 0.0494. The van der Waals surface area contributed by atoms with Crippen LogP contribution in [0.2, 0.25) is 0 Å². The SMILES string of the molecule is Cc1cccc(Cc2ccn(CO)c2)c1. The first kappa shape index (κ1) is 9.99. The topological polar surface area (TPSA) is 25.2 Å². The van der Waals surface area contributed by atoms with Crippen molar-refractivity contribution in [3.63, 3.8) is 0 Å². The molecule has 2 heteroatoms. The van der Waals surface area contributed by atoms with E-state index >= 15 is 0 Å². The minimum Gasteiger partial charge on any atom is -0.376 e. The molecule has 1 aromatic carbocycles. The Morgan fingerprint density at radius 1 is 1.20 bits per heavy atom. The molecule has 0 spiro atoms. The quantitative estimate of drug-likeness (QED) is 0.810. The molecule has 0 atom stereocenters. The van der Waals surface area contributed by atoms with Crippen LogP contribution in [-0.4, -0.2) is 9.67 Å². The molecule has 0 radical (unpaired) electrons. The van der Waals surface area contributed by atoms with E-state index in [1.165, 1.54) is 16.7 Å². The normalized spacial score (nSPS) is 10.5. The highest BCUT2D eigenvalue weighted by atomic mass is 16.3. The molecule has 15 heavy (non-hydrogen) atoms. The number of nitrogens with zero attached hydrogens (tertiary/aromatic N) is 1. The van der Waals surface area contributed by atoms with Crippen molar-refractivity contribution in [1.82, 2.24) is 4.57 Å². The van der Waals surface area contributed by atoms with Gasteiger partial charge in [-0.1, -0.05) is 29.8 Å². The number of benzene rings is 1. The third-order valence-corrected chi connectivity index (χ3v) is 2.47. The van der Waals surface area contributed by atoms with Crippen molar-refractivity contribution in [2.75, 3.05) is 0 Å². The summed E-state index contributed by atoms with van der Waals surface area (Å²) in [6.07, 6.45) is 4.79. The summed E-state index contributed by atoms with van der Waals surface area (Å²) >= 11 is 0. The molecule has 2 aromatic rings. The van der Waals surface area contributed by atoms with Gasteiger partial charge < -0.3 is 9.67 Å². The van der Waals surface area contributed by atoms with Crippen LogP contribution in [0.3, 0.4) is 0 Å². The zero-order valence-electron chi connectivity index (χ0n) is 8.85. The monoisotopic (exact) mass is 201 g/mol. The highest BCUT2D eigenvalue weighted by Gasteiger charge is 1.98. The summed E-state index contributed by atoms with van der Waals surface area (Å²) in [5.74, 6) is 0. The fourth-order valence-corrected chi connectivity index (χ4v) is 1.74. The first-order valence-corrected chi connectivity index (χ1v) is 5.09. The second-order valence-electron chi connectivity index (χ2n) is 3.84. The Labute approximate surface area is 89.8 Å². The van der Waals surface area contributed by atoms with Crippen LogP contribution < -0.4 is 0 Å². The Hall–Kier alpha value is -1.54. The van der Waals surface area contributed by atoms with Crippen LogP contribution in [0.1, 0.15) is 16.7 Å². The molecular weight excluding hydrogens is 186 g/mol. The molecule has 0 aliphatic heterocycles. The van der Waals surface area contributed by atoms with Gasteiger partial charge in [-0.3, -0.25) is 0 Å². The Balaban J connectivity index is 2.14. The van der Waals surface area contributed by atoms with Crippen LogP contribution in [0.15, 0.2) is 42.7 Å². The molecule has 0 aliphatic rings. The van der Waals surface area contributed by atoms with Crippen molar-refractivity contribution in [2.24, 2.45) is 0 Å². The molecule has 2 rings (SSSR count). The molecule has 0 saturated heterocycles. The third-order valence-electron chi connectivity index (χ3n) is 2.47. The number of aliphatic hydroxyl groups is 1. The Bertz CT molecular complexity index is 445. The van der Waals surface area contributed by atoms with Gasteiger partial charge in [-0.25, -0.2) is 0 Å². The van der Waals surface area contributed by atoms with E-state index in [2.05, 4.69) is 31.2 Å². The van der Waals surface area contributed by atoms with Crippen LogP contribution in [-0.2, 0) is 13.2 Å². The lowest BCUT2D eigenvalue weighted by Gasteiger charge is -2.00. The summed E-state index contributed by atoms with van der Waals surface area (Å²) < 4.78 is 1.77. The Kier molecular flexibility index (Phi) is 2.88. The lowest BCUT2D eigenvalue weighted by atomic mass is 10.1. The van der Waals surface area contributed by atoms with Gasteiger partial charge in [0.05, 0.1) is 0 Å². The van der Waals surface area contributed by atoms with Crippen LogP contribution in [0.5, 0.6) is 0 Å². The predicted molar refractivity (Wildman–Crippen MR) is 60.6 cm³/mol. The van der Waals surface area contributed by atoms with Gasteiger partial charge in [-0.15, -0.1) is 0 Å². The molecule has 0 fully saturated rings. The lowest BCUT2D eigenvalue weighted by molar-refractivity contribution is 0.211. The molecule has 1 heterocycles. The molecular formula is C13H15NO. The first-order chi connectivity index (χ1) is 7.28. The smallest absolute Gasteiger partial charge is 0.119 e. The molecule has 1 N–H and O–H groups in total. The summed E-state index contributed by atoms with van der Waals surface area (Å²) in [6, 6.07) is 10.5. The number of hydrogen-bond donors (Lipinski definition) is 1. The van der Waals surface area contributed by atoms with E-state index < -0.39 is 0 Å². The van der Waals surface area contributed by atoms with E-state index in [-0.39, 0.29) is 6.73 Å². The van der Waals surface area contributed by atoms with Gasteiger partial charge in [0.2, 0.25) is 0 Å². The maximum Gasteiger partial charge on any atom is 0.119 e. The molecule has 0 bridgehead atoms. The summed E-state index contributed by atoms with van der Waals surface area (Å²) in [5.41, 5.74) is 3.83. The summed E-state index contributed by atoms with van der Waals surface area (Å²) in [7, 11) is 0. The number of aromatic nitrogens is 1. The fourth-order valence-electron chi connectivity index (χ4n) is 1.74. The summed E-state index contributed by atoms with van der Waals surface area (Å²) in [6.45, 7) is 2.15. The van der Waals surface area contributed by atoms with Crippen molar-refractivity contribution in [2.45, 2.75) is 20.1 Å². The minimum absolute atomic E-state index is 0.0494.